The second kappa shape index (κ2) is 3.67. The van der Waals surface area contributed by atoms with Crippen molar-refractivity contribution in [1.82, 2.24) is 0 Å². The van der Waals surface area contributed by atoms with Crippen LogP contribution in [0.5, 0.6) is 0 Å². The summed E-state index contributed by atoms with van der Waals surface area (Å²) in [4.78, 5) is 11.7. The highest BCUT2D eigenvalue weighted by Crippen LogP contribution is 2.53. The Morgan fingerprint density at radius 3 is 2.75 bits per heavy atom. The van der Waals surface area contributed by atoms with Crippen LogP contribution in [-0.4, -0.2) is 29.2 Å². The summed E-state index contributed by atoms with van der Waals surface area (Å²) in [6.07, 6.45) is 4.48. The summed E-state index contributed by atoms with van der Waals surface area (Å²) < 4.78 is 5.83. The number of ketones is 1. The molecule has 3 heteroatoms. The lowest BCUT2D eigenvalue weighted by molar-refractivity contribution is -0.128. The molecular formula is C13H20O3. The Labute approximate surface area is 96.5 Å². The summed E-state index contributed by atoms with van der Waals surface area (Å²) in [5.74, 6) is 0.525. The summed E-state index contributed by atoms with van der Waals surface area (Å²) in [7, 11) is 0. The molecule has 1 saturated carbocycles. The van der Waals surface area contributed by atoms with Crippen LogP contribution in [0.15, 0.2) is 12.2 Å². The monoisotopic (exact) mass is 224 g/mol. The van der Waals surface area contributed by atoms with Gasteiger partial charge in [0.25, 0.3) is 0 Å². The van der Waals surface area contributed by atoms with E-state index in [1.807, 2.05) is 13.0 Å². The van der Waals surface area contributed by atoms with Gasteiger partial charge in [0.2, 0.25) is 0 Å². The molecule has 1 heterocycles. The number of Topliss-reactive ketones (excluding diaryl/α,β-unsaturated/α-hetero) is 1. The Hall–Kier alpha value is -0.670. The lowest BCUT2D eigenvalue weighted by atomic mass is 9.63. The minimum absolute atomic E-state index is 0.0878. The Balaban J connectivity index is 2.27. The van der Waals surface area contributed by atoms with E-state index in [4.69, 9.17) is 4.74 Å². The van der Waals surface area contributed by atoms with Crippen LogP contribution in [0.3, 0.4) is 0 Å². The maximum Gasteiger partial charge on any atom is 0.136 e. The molecule has 1 aliphatic carbocycles. The van der Waals surface area contributed by atoms with Crippen LogP contribution in [0.25, 0.3) is 0 Å². The average molecular weight is 224 g/mol. The average Bonchev–Trinajstić information content (AvgIpc) is 2.27. The fourth-order valence-electron chi connectivity index (χ4n) is 3.18. The van der Waals surface area contributed by atoms with Crippen molar-refractivity contribution in [3.05, 3.63) is 12.2 Å². The Morgan fingerprint density at radius 2 is 2.19 bits per heavy atom. The van der Waals surface area contributed by atoms with E-state index in [1.165, 1.54) is 0 Å². The first-order valence-electron chi connectivity index (χ1n) is 5.88. The summed E-state index contributed by atoms with van der Waals surface area (Å²) in [6.45, 7) is 6.49. The van der Waals surface area contributed by atoms with Crippen LogP contribution in [0, 0.1) is 11.3 Å². The molecule has 0 radical (unpaired) electrons. The minimum atomic E-state index is -0.441. The van der Waals surface area contributed by atoms with Gasteiger partial charge in [0, 0.05) is 24.2 Å². The molecule has 0 amide bonds. The molecule has 1 N–H and O–H groups in total. The van der Waals surface area contributed by atoms with Crippen molar-refractivity contribution in [2.45, 2.75) is 45.3 Å². The third-order valence-electron chi connectivity index (χ3n) is 3.87. The molecule has 1 saturated heterocycles. The zero-order chi connectivity index (χ0) is 12.0. The van der Waals surface area contributed by atoms with Gasteiger partial charge in [-0.2, -0.15) is 0 Å². The number of aliphatic hydroxyl groups excluding tert-OH is 1. The standard InChI is InChI=1S/C13H20O3/c1-9(14)4-5-11-12(2)6-10(15)7-13(11,3)16-8-12/h4-5,9,11,14H,6-8H2,1-3H3/b5-4+/t9?,11?,12-,13-/m0/s1. The quantitative estimate of drug-likeness (QED) is 0.726. The largest absolute Gasteiger partial charge is 0.389 e. The fourth-order valence-corrected chi connectivity index (χ4v) is 3.18. The molecule has 4 atom stereocenters. The molecular weight excluding hydrogens is 204 g/mol. The number of fused-ring (bicyclic) bond motifs is 2. The van der Waals surface area contributed by atoms with Gasteiger partial charge in [0.15, 0.2) is 0 Å². The molecule has 2 bridgehead atoms. The smallest absolute Gasteiger partial charge is 0.136 e. The Kier molecular flexibility index (Phi) is 2.71. The lowest BCUT2D eigenvalue weighted by Crippen LogP contribution is -2.44. The zero-order valence-corrected chi connectivity index (χ0v) is 10.2. The van der Waals surface area contributed by atoms with E-state index in [0.717, 1.165) is 0 Å². The first-order chi connectivity index (χ1) is 7.36. The van der Waals surface area contributed by atoms with Crippen molar-refractivity contribution in [3.8, 4) is 0 Å². The molecule has 0 aromatic rings. The van der Waals surface area contributed by atoms with Crippen LogP contribution >= 0.6 is 0 Å². The van der Waals surface area contributed by atoms with Gasteiger partial charge < -0.3 is 9.84 Å². The number of ether oxygens (including phenoxy) is 1. The van der Waals surface area contributed by atoms with Gasteiger partial charge in [-0.1, -0.05) is 19.1 Å². The van der Waals surface area contributed by atoms with Gasteiger partial charge in [-0.25, -0.2) is 0 Å². The number of carbonyl (C=O) groups is 1. The molecule has 0 spiro atoms. The van der Waals surface area contributed by atoms with Crippen molar-refractivity contribution in [1.29, 1.82) is 0 Å². The molecule has 0 aromatic heterocycles. The highest BCUT2D eigenvalue weighted by atomic mass is 16.5. The van der Waals surface area contributed by atoms with Crippen LogP contribution < -0.4 is 0 Å². The van der Waals surface area contributed by atoms with Gasteiger partial charge in [0.05, 0.1) is 18.3 Å². The van der Waals surface area contributed by atoms with Crippen LogP contribution in [0.4, 0.5) is 0 Å². The predicted molar refractivity (Wildman–Crippen MR) is 61.0 cm³/mol. The third-order valence-corrected chi connectivity index (χ3v) is 3.87. The third kappa shape index (κ3) is 1.82. The van der Waals surface area contributed by atoms with Gasteiger partial charge in [-0.15, -0.1) is 0 Å². The first kappa shape index (κ1) is 11.8. The van der Waals surface area contributed by atoms with Crippen molar-refractivity contribution in [2.24, 2.45) is 11.3 Å². The van der Waals surface area contributed by atoms with Gasteiger partial charge in [-0.3, -0.25) is 4.79 Å². The van der Waals surface area contributed by atoms with Gasteiger partial charge >= 0.3 is 0 Å². The second-order valence-corrected chi connectivity index (χ2v) is 5.75. The van der Waals surface area contributed by atoms with Crippen LogP contribution in [0.2, 0.25) is 0 Å². The molecule has 1 aliphatic heterocycles. The number of rotatable bonds is 2. The predicted octanol–water partition coefficient (Wildman–Crippen LogP) is 1.70. The van der Waals surface area contributed by atoms with E-state index in [-0.39, 0.29) is 16.9 Å². The van der Waals surface area contributed by atoms with E-state index in [2.05, 4.69) is 6.92 Å². The summed E-state index contributed by atoms with van der Waals surface area (Å²) in [6, 6.07) is 0. The molecule has 3 nitrogen and oxygen atoms in total. The lowest BCUT2D eigenvalue weighted by Gasteiger charge is -2.39. The molecule has 90 valence electrons. The van der Waals surface area contributed by atoms with Crippen molar-refractivity contribution in [3.63, 3.8) is 0 Å². The maximum absolute atomic E-state index is 11.7. The highest BCUT2D eigenvalue weighted by Gasteiger charge is 2.57. The van der Waals surface area contributed by atoms with Crippen molar-refractivity contribution >= 4 is 5.78 Å². The van der Waals surface area contributed by atoms with E-state index < -0.39 is 6.10 Å². The normalized spacial score (nSPS) is 45.2. The number of aliphatic hydroxyl groups is 1. The van der Waals surface area contributed by atoms with Crippen LogP contribution in [-0.2, 0) is 9.53 Å². The fraction of sp³-hybridized carbons (Fsp3) is 0.769. The van der Waals surface area contributed by atoms with E-state index in [0.29, 0.717) is 25.2 Å². The SMILES string of the molecule is CC(O)/C=C/C1[C@]2(C)CO[C@@]1(C)CC(=O)C2. The molecule has 16 heavy (non-hydrogen) atoms. The van der Waals surface area contributed by atoms with E-state index >= 15 is 0 Å². The van der Waals surface area contributed by atoms with E-state index in [1.54, 1.807) is 13.0 Å². The summed E-state index contributed by atoms with van der Waals surface area (Å²) in [5, 5.41) is 9.30. The molecule has 0 aromatic carbocycles. The second-order valence-electron chi connectivity index (χ2n) is 5.75. The van der Waals surface area contributed by atoms with Gasteiger partial charge in [-0.05, 0) is 13.8 Å². The van der Waals surface area contributed by atoms with E-state index in [9.17, 15) is 9.90 Å². The molecule has 2 unspecified atom stereocenters. The maximum atomic E-state index is 11.7. The minimum Gasteiger partial charge on any atom is -0.389 e. The summed E-state index contributed by atoms with van der Waals surface area (Å²) in [5.41, 5.74) is -0.453. The Bertz CT molecular complexity index is 312. The highest BCUT2D eigenvalue weighted by molar-refractivity contribution is 5.82. The summed E-state index contributed by atoms with van der Waals surface area (Å²) >= 11 is 0. The van der Waals surface area contributed by atoms with Crippen molar-refractivity contribution in [2.75, 3.05) is 6.61 Å². The topological polar surface area (TPSA) is 46.5 Å². The number of hydrogen-bond donors (Lipinski definition) is 1. The first-order valence-corrected chi connectivity index (χ1v) is 5.88. The van der Waals surface area contributed by atoms with Crippen molar-refractivity contribution < 1.29 is 14.6 Å². The Morgan fingerprint density at radius 1 is 1.50 bits per heavy atom. The van der Waals surface area contributed by atoms with Gasteiger partial charge in [0.1, 0.15) is 5.78 Å². The number of hydrogen-bond acceptors (Lipinski definition) is 3. The molecule has 2 aliphatic rings. The van der Waals surface area contributed by atoms with Crippen LogP contribution in [0.1, 0.15) is 33.6 Å². The molecule has 2 fully saturated rings. The molecule has 2 rings (SSSR count). The number of carbonyl (C=O) groups excluding carboxylic acids is 1. The zero-order valence-electron chi connectivity index (χ0n) is 10.2.